The molecule has 0 unspecified atom stereocenters. The summed E-state index contributed by atoms with van der Waals surface area (Å²) in [5, 5.41) is 5.29. The zero-order valence-electron chi connectivity index (χ0n) is 16.9. The summed E-state index contributed by atoms with van der Waals surface area (Å²) in [6.45, 7) is 1.55. The Balaban J connectivity index is 1.82. The standard InChI is InChI=1S/C22H19ClFN3O4S/c1-14-11-17(8-10-20(14)32(23,30)31)26-22(29)19(12-15-5-3-2-4-6-15)27-21(28)18-9-7-16(24)13-25-18/h2-11,13,19H,12H2,1H3,(H,26,29)(H,27,28)/t19-/m0/s1. The van der Waals surface area contributed by atoms with Crippen LogP contribution in [0.25, 0.3) is 0 Å². The van der Waals surface area contributed by atoms with Crippen molar-refractivity contribution in [2.24, 2.45) is 0 Å². The lowest BCUT2D eigenvalue weighted by molar-refractivity contribution is -0.118. The van der Waals surface area contributed by atoms with Gasteiger partial charge in [0.25, 0.3) is 15.0 Å². The molecular weight excluding hydrogens is 457 g/mol. The Hall–Kier alpha value is -3.30. The third-order valence-electron chi connectivity index (χ3n) is 4.57. The summed E-state index contributed by atoms with van der Waals surface area (Å²) in [5.74, 6) is -1.75. The maximum Gasteiger partial charge on any atom is 0.270 e. The lowest BCUT2D eigenvalue weighted by atomic mass is 10.0. The Kier molecular flexibility index (Phi) is 7.22. The van der Waals surface area contributed by atoms with Crippen LogP contribution in [0.5, 0.6) is 0 Å². The number of benzene rings is 2. The normalized spacial score (nSPS) is 12.1. The van der Waals surface area contributed by atoms with Gasteiger partial charge in [-0.1, -0.05) is 30.3 Å². The van der Waals surface area contributed by atoms with Crippen molar-refractivity contribution >= 4 is 37.2 Å². The van der Waals surface area contributed by atoms with Gasteiger partial charge in [0.2, 0.25) is 5.91 Å². The monoisotopic (exact) mass is 475 g/mol. The van der Waals surface area contributed by atoms with Crippen molar-refractivity contribution in [1.29, 1.82) is 0 Å². The highest BCUT2D eigenvalue weighted by molar-refractivity contribution is 8.13. The van der Waals surface area contributed by atoms with E-state index in [0.717, 1.165) is 17.8 Å². The fourth-order valence-electron chi connectivity index (χ4n) is 3.03. The van der Waals surface area contributed by atoms with Crippen LogP contribution in [0.3, 0.4) is 0 Å². The van der Waals surface area contributed by atoms with Crippen molar-refractivity contribution in [2.75, 3.05) is 5.32 Å². The summed E-state index contributed by atoms with van der Waals surface area (Å²) in [4.78, 5) is 29.2. The van der Waals surface area contributed by atoms with E-state index in [-0.39, 0.29) is 17.0 Å². The minimum atomic E-state index is -3.92. The van der Waals surface area contributed by atoms with E-state index in [0.29, 0.717) is 11.3 Å². The zero-order valence-corrected chi connectivity index (χ0v) is 18.5. The fourth-order valence-corrected chi connectivity index (χ4v) is 4.22. The van der Waals surface area contributed by atoms with Crippen LogP contribution >= 0.6 is 10.7 Å². The van der Waals surface area contributed by atoms with Crippen molar-refractivity contribution in [3.05, 3.63) is 89.5 Å². The van der Waals surface area contributed by atoms with Crippen LogP contribution in [0.4, 0.5) is 10.1 Å². The predicted octanol–water partition coefficient (Wildman–Crippen LogP) is 3.44. The first kappa shape index (κ1) is 23.4. The lowest BCUT2D eigenvalue weighted by Gasteiger charge is -2.19. The zero-order chi connectivity index (χ0) is 23.3. The Labute approximate surface area is 189 Å². The van der Waals surface area contributed by atoms with Gasteiger partial charge in [-0.2, -0.15) is 0 Å². The minimum absolute atomic E-state index is 0.0372. The quantitative estimate of drug-likeness (QED) is 0.509. The molecule has 0 saturated heterocycles. The molecule has 7 nitrogen and oxygen atoms in total. The summed E-state index contributed by atoms with van der Waals surface area (Å²) in [7, 11) is 1.48. The average Bonchev–Trinajstić information content (AvgIpc) is 2.73. The van der Waals surface area contributed by atoms with Gasteiger partial charge >= 0.3 is 0 Å². The fraction of sp³-hybridized carbons (Fsp3) is 0.136. The Morgan fingerprint density at radius 2 is 1.81 bits per heavy atom. The van der Waals surface area contributed by atoms with Gasteiger partial charge in [-0.3, -0.25) is 9.59 Å². The summed E-state index contributed by atoms with van der Waals surface area (Å²) in [6, 6.07) is 14.6. The molecule has 2 aromatic carbocycles. The number of anilines is 1. The number of carbonyl (C=O) groups excluding carboxylic acids is 2. The van der Waals surface area contributed by atoms with Gasteiger partial charge in [-0.25, -0.2) is 17.8 Å². The molecule has 0 saturated carbocycles. The van der Waals surface area contributed by atoms with Crippen molar-refractivity contribution in [3.8, 4) is 0 Å². The summed E-state index contributed by atoms with van der Waals surface area (Å²) in [6.07, 6.45) is 1.10. The summed E-state index contributed by atoms with van der Waals surface area (Å²) in [5.41, 5.74) is 1.46. The van der Waals surface area contributed by atoms with Crippen LogP contribution in [-0.4, -0.2) is 31.3 Å². The number of hydrogen-bond acceptors (Lipinski definition) is 5. The molecule has 3 rings (SSSR count). The number of nitrogens with one attached hydrogen (secondary N) is 2. The Morgan fingerprint density at radius 3 is 2.41 bits per heavy atom. The first-order valence-corrected chi connectivity index (χ1v) is 11.8. The average molecular weight is 476 g/mol. The van der Waals surface area contributed by atoms with Gasteiger partial charge in [-0.05, 0) is 48.4 Å². The molecule has 0 spiro atoms. The van der Waals surface area contributed by atoms with Gasteiger partial charge in [0.15, 0.2) is 0 Å². The maximum atomic E-state index is 13.1. The van der Waals surface area contributed by atoms with E-state index in [1.807, 2.05) is 30.3 Å². The van der Waals surface area contributed by atoms with Crippen LogP contribution in [0, 0.1) is 12.7 Å². The number of rotatable bonds is 7. The molecule has 166 valence electrons. The van der Waals surface area contributed by atoms with Crippen molar-refractivity contribution in [2.45, 2.75) is 24.3 Å². The number of pyridine rings is 1. The maximum absolute atomic E-state index is 13.1. The molecule has 0 radical (unpaired) electrons. The van der Waals surface area contributed by atoms with Crippen LogP contribution < -0.4 is 10.6 Å². The van der Waals surface area contributed by atoms with Gasteiger partial charge < -0.3 is 10.6 Å². The van der Waals surface area contributed by atoms with Gasteiger partial charge in [0.1, 0.15) is 17.6 Å². The number of hydrogen-bond donors (Lipinski definition) is 2. The molecule has 1 aromatic heterocycles. The third-order valence-corrected chi connectivity index (χ3v) is 6.05. The molecule has 2 amide bonds. The molecule has 0 bridgehead atoms. The van der Waals surface area contributed by atoms with Crippen LogP contribution in [-0.2, 0) is 20.3 Å². The SMILES string of the molecule is Cc1cc(NC(=O)[C@H](Cc2ccccc2)NC(=O)c2ccc(F)cn2)ccc1S(=O)(=O)Cl. The minimum Gasteiger partial charge on any atom is -0.339 e. The number of nitrogens with zero attached hydrogens (tertiary/aromatic N) is 1. The molecule has 3 aromatic rings. The van der Waals surface area contributed by atoms with Gasteiger partial charge in [-0.15, -0.1) is 0 Å². The lowest BCUT2D eigenvalue weighted by Crippen LogP contribution is -2.45. The first-order chi connectivity index (χ1) is 15.1. The molecule has 1 heterocycles. The van der Waals surface area contributed by atoms with E-state index >= 15 is 0 Å². The second-order valence-corrected chi connectivity index (χ2v) is 9.52. The molecule has 0 aliphatic heterocycles. The third kappa shape index (κ3) is 6.12. The molecule has 0 fully saturated rings. The highest BCUT2D eigenvalue weighted by atomic mass is 35.7. The number of halogens is 2. The Bertz CT molecular complexity index is 1240. The largest absolute Gasteiger partial charge is 0.339 e. The van der Waals surface area contributed by atoms with Crippen molar-refractivity contribution < 1.29 is 22.4 Å². The Morgan fingerprint density at radius 1 is 1.09 bits per heavy atom. The molecule has 32 heavy (non-hydrogen) atoms. The smallest absolute Gasteiger partial charge is 0.270 e. The van der Waals surface area contributed by atoms with E-state index in [1.54, 1.807) is 6.92 Å². The van der Waals surface area contributed by atoms with Crippen LogP contribution in [0.15, 0.2) is 71.8 Å². The van der Waals surface area contributed by atoms with Crippen LogP contribution in [0.1, 0.15) is 21.6 Å². The molecule has 0 aliphatic rings. The number of amides is 2. The van der Waals surface area contributed by atoms with E-state index in [9.17, 15) is 22.4 Å². The molecule has 2 N–H and O–H groups in total. The van der Waals surface area contributed by atoms with Crippen LogP contribution in [0.2, 0.25) is 0 Å². The second kappa shape index (κ2) is 9.88. The summed E-state index contributed by atoms with van der Waals surface area (Å²) >= 11 is 0. The number of carbonyl (C=O) groups is 2. The van der Waals surface area contributed by atoms with Gasteiger partial charge in [0.05, 0.1) is 11.1 Å². The second-order valence-electron chi connectivity index (χ2n) is 6.98. The molecule has 1 atom stereocenters. The molecule has 10 heteroatoms. The van der Waals surface area contributed by atoms with E-state index in [1.165, 1.54) is 24.3 Å². The van der Waals surface area contributed by atoms with Crippen molar-refractivity contribution in [1.82, 2.24) is 10.3 Å². The van der Waals surface area contributed by atoms with E-state index < -0.39 is 32.7 Å². The van der Waals surface area contributed by atoms with E-state index in [4.69, 9.17) is 10.7 Å². The first-order valence-electron chi connectivity index (χ1n) is 9.46. The molecule has 0 aliphatic carbocycles. The topological polar surface area (TPSA) is 105 Å². The predicted molar refractivity (Wildman–Crippen MR) is 118 cm³/mol. The highest BCUT2D eigenvalue weighted by Crippen LogP contribution is 2.23. The van der Waals surface area contributed by atoms with Crippen molar-refractivity contribution in [3.63, 3.8) is 0 Å². The summed E-state index contributed by atoms with van der Waals surface area (Å²) < 4.78 is 36.3. The number of aromatic nitrogens is 1. The number of aryl methyl sites for hydroxylation is 1. The van der Waals surface area contributed by atoms with Gasteiger partial charge in [0, 0.05) is 22.8 Å². The highest BCUT2D eigenvalue weighted by Gasteiger charge is 2.23. The molecular formula is C22H19ClFN3O4S. The van der Waals surface area contributed by atoms with E-state index in [2.05, 4.69) is 15.6 Å².